The highest BCUT2D eigenvalue weighted by atomic mass is 32.1. The number of hydrogen-bond acceptors (Lipinski definition) is 3. The Balaban J connectivity index is 1.78. The van der Waals surface area contributed by atoms with Gasteiger partial charge in [-0.3, -0.25) is 0 Å². The van der Waals surface area contributed by atoms with Gasteiger partial charge in [0.1, 0.15) is 5.76 Å². The van der Waals surface area contributed by atoms with E-state index in [-0.39, 0.29) is 6.04 Å². The van der Waals surface area contributed by atoms with Gasteiger partial charge in [-0.2, -0.15) is 0 Å². The van der Waals surface area contributed by atoms with Gasteiger partial charge in [-0.25, -0.2) is 0 Å². The maximum Gasteiger partial charge on any atom is 0.120 e. The van der Waals surface area contributed by atoms with Crippen molar-refractivity contribution in [1.82, 2.24) is 5.32 Å². The quantitative estimate of drug-likeness (QED) is 0.729. The van der Waals surface area contributed by atoms with Gasteiger partial charge in [0, 0.05) is 15.6 Å². The first-order valence-corrected chi connectivity index (χ1v) is 7.33. The largest absolute Gasteiger partial charge is 0.468 e. The molecule has 2 aromatic heterocycles. The number of hydrogen-bond donors (Lipinski definition) is 1. The zero-order valence-corrected chi connectivity index (χ0v) is 11.9. The van der Waals surface area contributed by atoms with Gasteiger partial charge >= 0.3 is 0 Å². The van der Waals surface area contributed by atoms with Crippen molar-refractivity contribution in [3.05, 3.63) is 59.4 Å². The number of thiophene rings is 1. The van der Waals surface area contributed by atoms with E-state index in [4.69, 9.17) is 4.42 Å². The number of rotatable bonds is 4. The lowest BCUT2D eigenvalue weighted by Gasteiger charge is -2.17. The maximum absolute atomic E-state index is 5.43. The Morgan fingerprint density at radius 1 is 1.05 bits per heavy atom. The molecule has 0 bridgehead atoms. The molecule has 3 rings (SSSR count). The van der Waals surface area contributed by atoms with E-state index in [1.54, 1.807) is 6.26 Å². The second-order valence-corrected chi connectivity index (χ2v) is 5.93. The average Bonchev–Trinajstić information content (AvgIpc) is 3.07. The Kier molecular flexibility index (Phi) is 3.40. The molecule has 0 aliphatic carbocycles. The Bertz CT molecular complexity index is 623. The van der Waals surface area contributed by atoms with Crippen molar-refractivity contribution in [3.8, 4) is 0 Å². The van der Waals surface area contributed by atoms with Crippen LogP contribution in [-0.2, 0) is 0 Å². The summed E-state index contributed by atoms with van der Waals surface area (Å²) >= 11 is 1.85. The van der Waals surface area contributed by atoms with E-state index in [1.807, 2.05) is 23.5 Å². The molecule has 0 radical (unpaired) electrons. The molecule has 2 atom stereocenters. The first-order valence-electron chi connectivity index (χ1n) is 6.52. The van der Waals surface area contributed by atoms with Crippen LogP contribution in [0.3, 0.4) is 0 Å². The number of benzene rings is 1. The van der Waals surface area contributed by atoms with Crippen molar-refractivity contribution in [3.63, 3.8) is 0 Å². The third kappa shape index (κ3) is 2.57. The molecule has 2 nitrogen and oxygen atoms in total. The van der Waals surface area contributed by atoms with E-state index in [2.05, 4.69) is 49.5 Å². The average molecular weight is 271 g/mol. The van der Waals surface area contributed by atoms with Crippen molar-refractivity contribution in [2.24, 2.45) is 0 Å². The maximum atomic E-state index is 5.43. The van der Waals surface area contributed by atoms with Gasteiger partial charge in [-0.15, -0.1) is 11.3 Å². The highest BCUT2D eigenvalue weighted by Gasteiger charge is 2.14. The fraction of sp³-hybridized carbons (Fsp3) is 0.250. The Hall–Kier alpha value is -1.58. The minimum atomic E-state index is 0.218. The lowest BCUT2D eigenvalue weighted by atomic mass is 10.2. The smallest absolute Gasteiger partial charge is 0.120 e. The first-order chi connectivity index (χ1) is 9.24. The van der Waals surface area contributed by atoms with Gasteiger partial charge in [0.25, 0.3) is 0 Å². The van der Waals surface area contributed by atoms with Gasteiger partial charge in [0.15, 0.2) is 0 Å². The van der Waals surface area contributed by atoms with Gasteiger partial charge in [-0.05, 0) is 43.5 Å². The summed E-state index contributed by atoms with van der Waals surface area (Å²) in [5.74, 6) is 0.980. The van der Waals surface area contributed by atoms with Gasteiger partial charge in [0.05, 0.1) is 12.3 Å². The highest BCUT2D eigenvalue weighted by molar-refractivity contribution is 7.19. The van der Waals surface area contributed by atoms with Crippen LogP contribution in [0.1, 0.15) is 36.6 Å². The van der Waals surface area contributed by atoms with Crippen molar-refractivity contribution in [2.75, 3.05) is 0 Å². The molecule has 3 aromatic rings. The molecule has 0 fully saturated rings. The fourth-order valence-corrected chi connectivity index (χ4v) is 3.37. The Labute approximate surface area is 117 Å². The van der Waals surface area contributed by atoms with Crippen LogP contribution in [0.5, 0.6) is 0 Å². The normalized spacial score (nSPS) is 14.6. The number of nitrogens with one attached hydrogen (secondary N) is 1. The minimum absolute atomic E-state index is 0.218. The predicted molar refractivity (Wildman–Crippen MR) is 80.5 cm³/mol. The van der Waals surface area contributed by atoms with Crippen LogP contribution >= 0.6 is 11.3 Å². The molecular weight excluding hydrogens is 254 g/mol. The number of furan rings is 1. The Morgan fingerprint density at radius 2 is 1.89 bits per heavy atom. The predicted octanol–water partition coefficient (Wildman–Crippen LogP) is 4.91. The third-order valence-electron chi connectivity index (χ3n) is 3.34. The zero-order valence-electron chi connectivity index (χ0n) is 11.1. The molecule has 0 aliphatic rings. The van der Waals surface area contributed by atoms with E-state index >= 15 is 0 Å². The summed E-state index contributed by atoms with van der Waals surface area (Å²) in [6.07, 6.45) is 1.72. The summed E-state index contributed by atoms with van der Waals surface area (Å²) in [5, 5.41) is 4.90. The molecular formula is C16H17NOS. The molecule has 0 aliphatic heterocycles. The van der Waals surface area contributed by atoms with Crippen molar-refractivity contribution in [1.29, 1.82) is 0 Å². The van der Waals surface area contributed by atoms with Crippen LogP contribution in [0, 0.1) is 0 Å². The van der Waals surface area contributed by atoms with Crippen LogP contribution in [0.4, 0.5) is 0 Å². The SMILES string of the molecule is CC(N[C@H](C)c1ccco1)c1cc2ccccc2s1. The van der Waals surface area contributed by atoms with Crippen LogP contribution in [0.15, 0.2) is 53.1 Å². The molecule has 0 amide bonds. The highest BCUT2D eigenvalue weighted by Crippen LogP contribution is 2.30. The van der Waals surface area contributed by atoms with Gasteiger partial charge in [-0.1, -0.05) is 18.2 Å². The van der Waals surface area contributed by atoms with E-state index < -0.39 is 0 Å². The topological polar surface area (TPSA) is 25.2 Å². The standard InChI is InChI=1S/C16H17NOS/c1-11(14-7-5-9-18-14)17-12(2)16-10-13-6-3-4-8-15(13)19-16/h3-12,17H,1-2H3/t11-,12?/m1/s1. The van der Waals surface area contributed by atoms with E-state index in [1.165, 1.54) is 15.0 Å². The summed E-state index contributed by atoms with van der Waals surface area (Å²) in [6, 6.07) is 15.3. The fourth-order valence-electron chi connectivity index (χ4n) is 2.29. The molecule has 98 valence electrons. The monoisotopic (exact) mass is 271 g/mol. The zero-order chi connectivity index (χ0) is 13.2. The molecule has 2 heterocycles. The first kappa shape index (κ1) is 12.5. The van der Waals surface area contributed by atoms with Gasteiger partial charge in [0.2, 0.25) is 0 Å². The molecule has 1 N–H and O–H groups in total. The van der Waals surface area contributed by atoms with Crippen molar-refractivity contribution < 1.29 is 4.42 Å². The summed E-state index contributed by atoms with van der Waals surface area (Å²) in [5.41, 5.74) is 0. The summed E-state index contributed by atoms with van der Waals surface area (Å²) < 4.78 is 6.78. The lowest BCUT2D eigenvalue weighted by molar-refractivity contribution is 0.405. The van der Waals surface area contributed by atoms with Crippen molar-refractivity contribution >= 4 is 21.4 Å². The van der Waals surface area contributed by atoms with E-state index in [0.717, 1.165) is 5.76 Å². The second kappa shape index (κ2) is 5.19. The summed E-state index contributed by atoms with van der Waals surface area (Å²) in [7, 11) is 0. The number of fused-ring (bicyclic) bond motifs is 1. The van der Waals surface area contributed by atoms with E-state index in [9.17, 15) is 0 Å². The van der Waals surface area contributed by atoms with Gasteiger partial charge < -0.3 is 9.73 Å². The molecule has 0 spiro atoms. The summed E-state index contributed by atoms with van der Waals surface area (Å²) in [4.78, 5) is 1.36. The van der Waals surface area contributed by atoms with E-state index in [0.29, 0.717) is 6.04 Å². The molecule has 19 heavy (non-hydrogen) atoms. The molecule has 1 unspecified atom stereocenters. The van der Waals surface area contributed by atoms with Crippen LogP contribution in [0.2, 0.25) is 0 Å². The molecule has 1 aromatic carbocycles. The molecule has 3 heteroatoms. The summed E-state index contributed by atoms with van der Waals surface area (Å²) in [6.45, 7) is 4.33. The Morgan fingerprint density at radius 3 is 2.63 bits per heavy atom. The van der Waals surface area contributed by atoms with Crippen LogP contribution in [0.25, 0.3) is 10.1 Å². The van der Waals surface area contributed by atoms with Crippen molar-refractivity contribution in [2.45, 2.75) is 25.9 Å². The molecule has 0 saturated heterocycles. The van der Waals surface area contributed by atoms with Crippen LogP contribution < -0.4 is 5.32 Å². The second-order valence-electron chi connectivity index (χ2n) is 4.81. The lowest BCUT2D eigenvalue weighted by Crippen LogP contribution is -2.21. The third-order valence-corrected chi connectivity index (χ3v) is 4.64. The van der Waals surface area contributed by atoms with Crippen LogP contribution in [-0.4, -0.2) is 0 Å². The molecule has 0 saturated carbocycles. The minimum Gasteiger partial charge on any atom is -0.468 e.